The summed E-state index contributed by atoms with van der Waals surface area (Å²) in [4.78, 5) is 21.8. The molecule has 1 fully saturated rings. The number of methoxy groups -OCH3 is 1. The zero-order valence-corrected chi connectivity index (χ0v) is 16.2. The minimum atomic E-state index is -0.521. The van der Waals surface area contributed by atoms with Crippen LogP contribution >= 0.6 is 0 Å². The topological polar surface area (TPSA) is 76.6 Å². The van der Waals surface area contributed by atoms with Crippen molar-refractivity contribution in [3.63, 3.8) is 0 Å². The van der Waals surface area contributed by atoms with E-state index in [9.17, 15) is 9.18 Å². The van der Waals surface area contributed by atoms with Crippen molar-refractivity contribution in [2.24, 2.45) is 0 Å². The summed E-state index contributed by atoms with van der Waals surface area (Å²) in [5.41, 5.74) is 1.45. The molecule has 1 aliphatic heterocycles. The second-order valence-electron chi connectivity index (χ2n) is 6.60. The number of halogens is 1. The molecule has 1 aliphatic rings. The Morgan fingerprint density at radius 1 is 1.32 bits per heavy atom. The molecule has 7 nitrogen and oxygen atoms in total. The summed E-state index contributed by atoms with van der Waals surface area (Å²) in [6, 6.07) is 7.61. The Bertz CT molecular complexity index is 801. The van der Waals surface area contributed by atoms with Crippen molar-refractivity contribution in [2.75, 3.05) is 26.7 Å². The van der Waals surface area contributed by atoms with E-state index in [2.05, 4.69) is 15.3 Å². The molecule has 0 saturated carbocycles. The second-order valence-corrected chi connectivity index (χ2v) is 6.60. The molecule has 3 rings (SSSR count). The van der Waals surface area contributed by atoms with Gasteiger partial charge in [0.25, 0.3) is 5.88 Å². The predicted octanol–water partition coefficient (Wildman–Crippen LogP) is 2.59. The summed E-state index contributed by atoms with van der Waals surface area (Å²) in [5.74, 6) is 0.244. The Morgan fingerprint density at radius 3 is 2.82 bits per heavy atom. The fourth-order valence-corrected chi connectivity index (χ4v) is 3.10. The molecule has 0 radical (unpaired) electrons. The number of ether oxygens (including phenoxy) is 2. The number of urea groups is 1. The van der Waals surface area contributed by atoms with Crippen LogP contribution in [0.3, 0.4) is 0 Å². The van der Waals surface area contributed by atoms with Crippen LogP contribution in [0.15, 0.2) is 30.6 Å². The van der Waals surface area contributed by atoms with Gasteiger partial charge in [0, 0.05) is 19.5 Å². The van der Waals surface area contributed by atoms with Crippen molar-refractivity contribution in [1.29, 1.82) is 0 Å². The Hall–Kier alpha value is -2.90. The molecule has 0 unspecified atom stereocenters. The lowest BCUT2D eigenvalue weighted by Gasteiger charge is -2.18. The second kappa shape index (κ2) is 9.34. The van der Waals surface area contributed by atoms with Gasteiger partial charge < -0.3 is 19.7 Å². The summed E-state index contributed by atoms with van der Waals surface area (Å²) in [6.07, 6.45) is 2.86. The molecule has 1 N–H and O–H groups in total. The quantitative estimate of drug-likeness (QED) is 0.789. The molecular formula is C20H25FN4O3. The number of aromatic nitrogens is 2. The van der Waals surface area contributed by atoms with Gasteiger partial charge in [-0.3, -0.25) is 0 Å². The molecule has 0 spiro atoms. The lowest BCUT2D eigenvalue weighted by Crippen LogP contribution is -2.40. The maximum Gasteiger partial charge on any atom is 0.317 e. The fraction of sp³-hybridized carbons (Fsp3) is 0.450. The Balaban J connectivity index is 1.45. The fourth-order valence-electron chi connectivity index (χ4n) is 3.10. The summed E-state index contributed by atoms with van der Waals surface area (Å²) in [6.45, 7) is 3.32. The molecule has 1 atom stereocenters. The summed E-state index contributed by atoms with van der Waals surface area (Å²) in [5, 5.41) is 2.92. The van der Waals surface area contributed by atoms with Crippen LogP contribution in [0.1, 0.15) is 24.6 Å². The Labute approximate surface area is 163 Å². The number of nitrogens with one attached hydrogen (secondary N) is 1. The van der Waals surface area contributed by atoms with E-state index in [0.717, 1.165) is 17.7 Å². The number of carbonyl (C=O) groups excluding carboxylic acids is 1. The Kier molecular flexibility index (Phi) is 6.62. The highest BCUT2D eigenvalue weighted by molar-refractivity contribution is 5.74. The minimum Gasteiger partial charge on any atom is -0.497 e. The maximum absolute atomic E-state index is 14.2. The van der Waals surface area contributed by atoms with Gasteiger partial charge >= 0.3 is 6.03 Å². The van der Waals surface area contributed by atoms with Gasteiger partial charge in [0.1, 0.15) is 18.2 Å². The van der Waals surface area contributed by atoms with Crippen LogP contribution in [0.2, 0.25) is 0 Å². The third kappa shape index (κ3) is 4.88. The number of amides is 2. The largest absolute Gasteiger partial charge is 0.497 e. The van der Waals surface area contributed by atoms with Crippen molar-refractivity contribution in [3.05, 3.63) is 47.7 Å². The van der Waals surface area contributed by atoms with Gasteiger partial charge in [-0.25, -0.2) is 9.78 Å². The highest BCUT2D eigenvalue weighted by Gasteiger charge is 2.28. The molecular weight excluding hydrogens is 363 g/mol. The van der Waals surface area contributed by atoms with Crippen LogP contribution in [0, 0.1) is 5.82 Å². The third-order valence-corrected chi connectivity index (χ3v) is 4.72. The van der Waals surface area contributed by atoms with Crippen LogP contribution < -0.4 is 14.8 Å². The smallest absolute Gasteiger partial charge is 0.317 e. The SMILES string of the molecule is CCc1ncnc(O[C@H]2CCN(C(=O)NCCc3ccc(OC)cc3)C2)c1F. The van der Waals surface area contributed by atoms with Crippen molar-refractivity contribution >= 4 is 6.03 Å². The monoisotopic (exact) mass is 388 g/mol. The van der Waals surface area contributed by atoms with Crippen molar-refractivity contribution in [3.8, 4) is 11.6 Å². The van der Waals surface area contributed by atoms with Gasteiger partial charge in [-0.05, 0) is 30.5 Å². The summed E-state index contributed by atoms with van der Waals surface area (Å²) < 4.78 is 25.0. The number of hydrogen-bond acceptors (Lipinski definition) is 5. The lowest BCUT2D eigenvalue weighted by atomic mass is 10.1. The molecule has 28 heavy (non-hydrogen) atoms. The van der Waals surface area contributed by atoms with Crippen molar-refractivity contribution < 1.29 is 18.7 Å². The van der Waals surface area contributed by atoms with Crippen LogP contribution in [0.5, 0.6) is 11.6 Å². The van der Waals surface area contributed by atoms with Gasteiger partial charge in [-0.1, -0.05) is 19.1 Å². The van der Waals surface area contributed by atoms with E-state index in [1.54, 1.807) is 12.0 Å². The molecule has 0 bridgehead atoms. The van der Waals surface area contributed by atoms with Gasteiger partial charge in [-0.15, -0.1) is 0 Å². The van der Waals surface area contributed by atoms with Crippen LogP contribution in [-0.4, -0.2) is 53.7 Å². The predicted molar refractivity (Wildman–Crippen MR) is 102 cm³/mol. The number of likely N-dealkylation sites (tertiary alicyclic amines) is 1. The molecule has 0 aliphatic carbocycles. The molecule has 2 amide bonds. The zero-order valence-electron chi connectivity index (χ0n) is 16.2. The zero-order chi connectivity index (χ0) is 19.9. The van der Waals surface area contributed by atoms with Gasteiger partial charge in [0.15, 0.2) is 0 Å². The van der Waals surface area contributed by atoms with Crippen LogP contribution in [0.25, 0.3) is 0 Å². The first kappa shape index (κ1) is 19.9. The van der Waals surface area contributed by atoms with E-state index in [4.69, 9.17) is 9.47 Å². The number of nitrogens with zero attached hydrogens (tertiary/aromatic N) is 3. The van der Waals surface area contributed by atoms with Gasteiger partial charge in [-0.2, -0.15) is 9.37 Å². The average molecular weight is 388 g/mol. The van der Waals surface area contributed by atoms with Crippen molar-refractivity contribution in [1.82, 2.24) is 20.2 Å². The summed E-state index contributed by atoms with van der Waals surface area (Å²) in [7, 11) is 1.63. The molecule has 8 heteroatoms. The maximum atomic E-state index is 14.2. The molecule has 1 aromatic heterocycles. The van der Waals surface area contributed by atoms with E-state index >= 15 is 0 Å². The van der Waals surface area contributed by atoms with Gasteiger partial charge in [0.2, 0.25) is 5.82 Å². The minimum absolute atomic E-state index is 0.0430. The van der Waals surface area contributed by atoms with E-state index in [1.807, 2.05) is 31.2 Å². The lowest BCUT2D eigenvalue weighted by molar-refractivity contribution is 0.177. The molecule has 1 saturated heterocycles. The highest BCUT2D eigenvalue weighted by atomic mass is 19.1. The van der Waals surface area contributed by atoms with E-state index < -0.39 is 5.82 Å². The van der Waals surface area contributed by atoms with Crippen LogP contribution in [0.4, 0.5) is 9.18 Å². The van der Waals surface area contributed by atoms with Gasteiger partial charge in [0.05, 0.1) is 19.3 Å². The summed E-state index contributed by atoms with van der Waals surface area (Å²) >= 11 is 0. The first-order chi connectivity index (χ1) is 13.6. The Morgan fingerprint density at radius 2 is 2.11 bits per heavy atom. The van der Waals surface area contributed by atoms with E-state index in [1.165, 1.54) is 6.33 Å². The number of rotatable bonds is 7. The number of benzene rings is 1. The van der Waals surface area contributed by atoms with E-state index in [0.29, 0.717) is 38.2 Å². The molecule has 1 aromatic carbocycles. The van der Waals surface area contributed by atoms with Crippen LogP contribution in [-0.2, 0) is 12.8 Å². The first-order valence-corrected chi connectivity index (χ1v) is 9.42. The van der Waals surface area contributed by atoms with E-state index in [-0.39, 0.29) is 18.0 Å². The molecule has 150 valence electrons. The molecule has 2 heterocycles. The molecule has 2 aromatic rings. The standard InChI is InChI=1S/C20H25FN4O3/c1-3-17-18(21)19(24-13-23-17)28-16-9-11-25(12-16)20(26)22-10-8-14-4-6-15(27-2)7-5-14/h4-7,13,16H,3,8-12H2,1-2H3,(H,22,26)/t16-/m0/s1. The number of hydrogen-bond donors (Lipinski definition) is 1. The first-order valence-electron chi connectivity index (χ1n) is 9.42. The number of carbonyl (C=O) groups is 1. The highest BCUT2D eigenvalue weighted by Crippen LogP contribution is 2.21. The normalized spacial score (nSPS) is 16.1. The number of aryl methyl sites for hydroxylation is 1. The third-order valence-electron chi connectivity index (χ3n) is 4.72. The van der Waals surface area contributed by atoms with Crippen molar-refractivity contribution in [2.45, 2.75) is 32.3 Å². The average Bonchev–Trinajstić information content (AvgIpc) is 3.19.